The Labute approximate surface area is 126 Å². The molecule has 1 aromatic rings. The number of nitrogens with one attached hydrogen (secondary N) is 1. The lowest BCUT2D eigenvalue weighted by molar-refractivity contribution is -0.124. The molecule has 2 unspecified atom stereocenters. The Bertz CT molecular complexity index is 495. The van der Waals surface area contributed by atoms with E-state index in [4.69, 9.17) is 0 Å². The number of hydrogen-bond acceptors (Lipinski definition) is 3. The first-order valence-electron chi connectivity index (χ1n) is 7.69. The summed E-state index contributed by atoms with van der Waals surface area (Å²) in [4.78, 5) is 14.6. The number of likely N-dealkylation sites (N-methyl/N-ethyl adjacent to an activating group) is 1. The molecule has 1 saturated heterocycles. The van der Waals surface area contributed by atoms with Gasteiger partial charge in [0.25, 0.3) is 0 Å². The summed E-state index contributed by atoms with van der Waals surface area (Å²) in [5.41, 5.74) is 1.03. The summed E-state index contributed by atoms with van der Waals surface area (Å²) in [6, 6.07) is 12.0. The van der Waals surface area contributed by atoms with E-state index in [0.29, 0.717) is 6.42 Å². The van der Waals surface area contributed by atoms with Crippen molar-refractivity contribution in [2.75, 3.05) is 19.6 Å². The molecule has 0 aliphatic carbocycles. The van der Waals surface area contributed by atoms with Gasteiger partial charge in [0, 0.05) is 12.6 Å². The predicted octanol–water partition coefficient (Wildman–Crippen LogP) is 1.97. The Hall–Kier alpha value is -1.86. The van der Waals surface area contributed by atoms with Gasteiger partial charge in [-0.15, -0.1) is 0 Å². The van der Waals surface area contributed by atoms with Gasteiger partial charge in [0.2, 0.25) is 5.91 Å². The lowest BCUT2D eigenvalue weighted by Crippen LogP contribution is -2.49. The number of benzene rings is 1. The number of carbonyl (C=O) groups excluding carboxylic acids is 1. The van der Waals surface area contributed by atoms with Crippen LogP contribution in [0, 0.1) is 17.2 Å². The summed E-state index contributed by atoms with van der Waals surface area (Å²) in [6.07, 6.45) is 2.59. The number of nitriles is 1. The maximum atomic E-state index is 12.3. The standard InChI is InChI=1S/C17H23N3O/c1-2-20-10-6-9-16(13-20)19-17(21)15(12-18)11-14-7-4-3-5-8-14/h3-5,7-8,15-16H,2,6,9-11,13H2,1H3,(H,19,21). The molecule has 1 N–H and O–H groups in total. The normalized spacial score (nSPS) is 20.5. The summed E-state index contributed by atoms with van der Waals surface area (Å²) in [7, 11) is 0. The molecule has 21 heavy (non-hydrogen) atoms. The van der Waals surface area contributed by atoms with Crippen LogP contribution in [-0.2, 0) is 11.2 Å². The summed E-state index contributed by atoms with van der Waals surface area (Å²) in [5.74, 6) is -0.742. The van der Waals surface area contributed by atoms with Crippen molar-refractivity contribution in [2.45, 2.75) is 32.2 Å². The van der Waals surface area contributed by atoms with Crippen molar-refractivity contribution in [1.82, 2.24) is 10.2 Å². The number of carbonyl (C=O) groups is 1. The van der Waals surface area contributed by atoms with Crippen LogP contribution in [0.1, 0.15) is 25.3 Å². The first-order chi connectivity index (χ1) is 10.2. The topological polar surface area (TPSA) is 56.1 Å². The molecule has 0 saturated carbocycles. The highest BCUT2D eigenvalue weighted by Crippen LogP contribution is 2.12. The third kappa shape index (κ3) is 4.57. The predicted molar refractivity (Wildman–Crippen MR) is 82.5 cm³/mol. The molecule has 1 aromatic carbocycles. The van der Waals surface area contributed by atoms with Gasteiger partial charge >= 0.3 is 0 Å². The van der Waals surface area contributed by atoms with E-state index in [1.54, 1.807) is 0 Å². The monoisotopic (exact) mass is 285 g/mol. The zero-order valence-electron chi connectivity index (χ0n) is 12.6. The second-order valence-corrected chi connectivity index (χ2v) is 5.61. The lowest BCUT2D eigenvalue weighted by atomic mass is 9.98. The number of rotatable bonds is 5. The number of hydrogen-bond donors (Lipinski definition) is 1. The molecule has 1 aliphatic rings. The van der Waals surface area contributed by atoms with Gasteiger partial charge < -0.3 is 10.2 Å². The Kier molecular flexibility index (Phi) is 5.77. The Morgan fingerprint density at radius 2 is 2.24 bits per heavy atom. The number of likely N-dealkylation sites (tertiary alicyclic amines) is 1. The van der Waals surface area contributed by atoms with Gasteiger partial charge in [-0.3, -0.25) is 4.79 Å². The molecule has 0 bridgehead atoms. The molecule has 0 radical (unpaired) electrons. The van der Waals surface area contributed by atoms with Crippen LogP contribution in [-0.4, -0.2) is 36.5 Å². The largest absolute Gasteiger partial charge is 0.351 e. The van der Waals surface area contributed by atoms with Gasteiger partial charge in [-0.1, -0.05) is 37.3 Å². The van der Waals surface area contributed by atoms with Crippen molar-refractivity contribution in [3.8, 4) is 6.07 Å². The molecule has 4 nitrogen and oxygen atoms in total. The molecule has 112 valence electrons. The van der Waals surface area contributed by atoms with E-state index in [1.165, 1.54) is 0 Å². The van der Waals surface area contributed by atoms with Crippen molar-refractivity contribution in [2.24, 2.45) is 5.92 Å². The molecule has 1 heterocycles. The van der Waals surface area contributed by atoms with E-state index in [1.807, 2.05) is 30.3 Å². The summed E-state index contributed by atoms with van der Waals surface area (Å²) in [6.45, 7) is 5.15. The van der Waals surface area contributed by atoms with Crippen LogP contribution in [0.25, 0.3) is 0 Å². The van der Waals surface area contributed by atoms with Crippen molar-refractivity contribution in [1.29, 1.82) is 5.26 Å². The second-order valence-electron chi connectivity index (χ2n) is 5.61. The van der Waals surface area contributed by atoms with Crippen LogP contribution >= 0.6 is 0 Å². The Morgan fingerprint density at radius 3 is 2.90 bits per heavy atom. The van der Waals surface area contributed by atoms with Gasteiger partial charge in [0.15, 0.2) is 0 Å². The molecule has 4 heteroatoms. The number of nitrogens with zero attached hydrogens (tertiary/aromatic N) is 2. The summed E-state index contributed by atoms with van der Waals surface area (Å²) in [5, 5.41) is 12.3. The van der Waals surface area contributed by atoms with Gasteiger partial charge in [-0.25, -0.2) is 0 Å². The molecular weight excluding hydrogens is 262 g/mol. The minimum atomic E-state index is -0.607. The van der Waals surface area contributed by atoms with E-state index >= 15 is 0 Å². The molecule has 2 atom stereocenters. The second kappa shape index (κ2) is 7.80. The fraction of sp³-hybridized carbons (Fsp3) is 0.529. The first kappa shape index (κ1) is 15.5. The molecule has 0 aromatic heterocycles. The molecule has 1 aliphatic heterocycles. The van der Waals surface area contributed by atoms with Crippen molar-refractivity contribution in [3.63, 3.8) is 0 Å². The number of amides is 1. The average Bonchev–Trinajstić information content (AvgIpc) is 2.53. The zero-order valence-corrected chi connectivity index (χ0v) is 12.6. The van der Waals surface area contributed by atoms with Crippen molar-refractivity contribution >= 4 is 5.91 Å². The zero-order chi connectivity index (χ0) is 15.1. The summed E-state index contributed by atoms with van der Waals surface area (Å²) >= 11 is 0. The third-order valence-corrected chi connectivity index (χ3v) is 4.05. The van der Waals surface area contributed by atoms with E-state index in [2.05, 4.69) is 23.2 Å². The molecule has 0 spiro atoms. The average molecular weight is 285 g/mol. The lowest BCUT2D eigenvalue weighted by Gasteiger charge is -2.32. The molecule has 1 fully saturated rings. The molecule has 2 rings (SSSR count). The SMILES string of the molecule is CCN1CCCC(NC(=O)C(C#N)Cc2ccccc2)C1. The maximum absolute atomic E-state index is 12.3. The minimum absolute atomic E-state index is 0.135. The van der Waals surface area contributed by atoms with Crippen LogP contribution in [0.3, 0.4) is 0 Å². The highest BCUT2D eigenvalue weighted by atomic mass is 16.1. The van der Waals surface area contributed by atoms with Crippen LogP contribution in [0.5, 0.6) is 0 Å². The van der Waals surface area contributed by atoms with Crippen LogP contribution in [0.4, 0.5) is 0 Å². The van der Waals surface area contributed by atoms with Crippen molar-refractivity contribution < 1.29 is 4.79 Å². The van der Waals surface area contributed by atoms with Crippen LogP contribution < -0.4 is 5.32 Å². The van der Waals surface area contributed by atoms with E-state index in [-0.39, 0.29) is 11.9 Å². The maximum Gasteiger partial charge on any atom is 0.237 e. The fourth-order valence-corrected chi connectivity index (χ4v) is 2.81. The summed E-state index contributed by atoms with van der Waals surface area (Å²) < 4.78 is 0. The third-order valence-electron chi connectivity index (χ3n) is 4.05. The molecular formula is C17H23N3O. The van der Waals surface area contributed by atoms with E-state index < -0.39 is 5.92 Å². The van der Waals surface area contributed by atoms with Gasteiger partial charge in [0.05, 0.1) is 6.07 Å². The van der Waals surface area contributed by atoms with E-state index in [9.17, 15) is 10.1 Å². The Morgan fingerprint density at radius 1 is 1.48 bits per heavy atom. The van der Waals surface area contributed by atoms with Crippen LogP contribution in [0.15, 0.2) is 30.3 Å². The van der Waals surface area contributed by atoms with Gasteiger partial charge in [-0.2, -0.15) is 5.26 Å². The highest BCUT2D eigenvalue weighted by molar-refractivity contribution is 5.81. The number of piperidine rings is 1. The first-order valence-corrected chi connectivity index (χ1v) is 7.69. The quantitative estimate of drug-likeness (QED) is 0.900. The Balaban J connectivity index is 1.90. The van der Waals surface area contributed by atoms with Gasteiger partial charge in [-0.05, 0) is 37.9 Å². The highest BCUT2D eigenvalue weighted by Gasteiger charge is 2.24. The smallest absolute Gasteiger partial charge is 0.237 e. The van der Waals surface area contributed by atoms with E-state index in [0.717, 1.165) is 38.0 Å². The molecule has 1 amide bonds. The van der Waals surface area contributed by atoms with Crippen LogP contribution in [0.2, 0.25) is 0 Å². The fourth-order valence-electron chi connectivity index (χ4n) is 2.81. The minimum Gasteiger partial charge on any atom is -0.351 e. The van der Waals surface area contributed by atoms with Crippen molar-refractivity contribution in [3.05, 3.63) is 35.9 Å². The van der Waals surface area contributed by atoms with Gasteiger partial charge in [0.1, 0.15) is 5.92 Å².